The van der Waals surface area contributed by atoms with Crippen LogP contribution in [0.5, 0.6) is 11.5 Å². The molecular weight excluding hydrogens is 518 g/mol. The molecule has 2 aromatic rings. The maximum absolute atomic E-state index is 13.6. The first-order valence-corrected chi connectivity index (χ1v) is 14.5. The van der Waals surface area contributed by atoms with Gasteiger partial charge in [0.15, 0.2) is 0 Å². The third-order valence-electron chi connectivity index (χ3n) is 6.55. The first-order chi connectivity index (χ1) is 18.5. The summed E-state index contributed by atoms with van der Waals surface area (Å²) in [5, 5.41) is 12.7. The number of carbonyl (C=O) groups is 1. The number of likely N-dealkylation sites (N-methyl/N-ethyl adjacent to an activating group) is 1. The van der Waals surface area contributed by atoms with Crippen LogP contribution >= 0.6 is 0 Å². The quantitative estimate of drug-likeness (QED) is 0.498. The Labute approximate surface area is 232 Å². The van der Waals surface area contributed by atoms with Gasteiger partial charge in [-0.1, -0.05) is 32.6 Å². The Kier molecular flexibility index (Phi) is 10.2. The Morgan fingerprint density at radius 3 is 2.54 bits per heavy atom. The molecule has 0 saturated heterocycles. The van der Waals surface area contributed by atoms with Crippen LogP contribution in [0.4, 0.5) is 10.5 Å². The second kappa shape index (κ2) is 13.2. The summed E-state index contributed by atoms with van der Waals surface area (Å²) >= 11 is 0. The molecule has 1 aliphatic rings. The number of hydrogen-bond donors (Lipinski definition) is 2. The molecule has 3 rings (SSSR count). The van der Waals surface area contributed by atoms with Crippen molar-refractivity contribution >= 4 is 21.7 Å². The van der Waals surface area contributed by atoms with Crippen LogP contribution in [0, 0.1) is 23.7 Å². The van der Waals surface area contributed by atoms with Crippen LogP contribution in [-0.2, 0) is 10.0 Å². The Morgan fingerprint density at radius 1 is 1.23 bits per heavy atom. The minimum absolute atomic E-state index is 0.0134. The number of fused-ring (bicyclic) bond motifs is 1. The predicted octanol–water partition coefficient (Wildman–Crippen LogP) is 4.03. The van der Waals surface area contributed by atoms with Gasteiger partial charge in [-0.05, 0) is 55.3 Å². The van der Waals surface area contributed by atoms with Crippen LogP contribution in [0.2, 0.25) is 0 Å². The highest BCUT2D eigenvalue weighted by Gasteiger charge is 2.38. The molecule has 2 aromatic carbocycles. The van der Waals surface area contributed by atoms with Gasteiger partial charge in [-0.15, -0.1) is 0 Å². The van der Waals surface area contributed by atoms with Gasteiger partial charge >= 0.3 is 6.03 Å². The highest BCUT2D eigenvalue weighted by molar-refractivity contribution is 7.89. The van der Waals surface area contributed by atoms with E-state index in [1.165, 1.54) is 15.3 Å². The van der Waals surface area contributed by atoms with Gasteiger partial charge in [0, 0.05) is 43.2 Å². The first-order valence-electron chi connectivity index (χ1n) is 13.0. The number of aliphatic hydroxyl groups is 1. The largest absolute Gasteiger partial charge is 0.497 e. The number of carbonyl (C=O) groups excluding carboxylic acids is 1. The smallest absolute Gasteiger partial charge is 0.321 e. The monoisotopic (exact) mass is 557 g/mol. The van der Waals surface area contributed by atoms with Crippen LogP contribution in [-0.4, -0.2) is 74.8 Å². The van der Waals surface area contributed by atoms with Crippen molar-refractivity contribution in [2.24, 2.45) is 11.8 Å². The van der Waals surface area contributed by atoms with E-state index in [0.29, 0.717) is 29.3 Å². The molecule has 0 radical (unpaired) electrons. The highest BCUT2D eigenvalue weighted by atomic mass is 32.2. The average Bonchev–Trinajstić information content (AvgIpc) is 2.90. The molecule has 212 valence electrons. The number of anilines is 1. The molecular formula is C29H39N3O6S. The van der Waals surface area contributed by atoms with Gasteiger partial charge in [-0.2, -0.15) is 4.31 Å². The summed E-state index contributed by atoms with van der Waals surface area (Å²) in [6.07, 6.45) is 0.185. The number of rotatable bonds is 7. The first kappa shape index (κ1) is 30.3. The third-order valence-corrected chi connectivity index (χ3v) is 8.57. The van der Waals surface area contributed by atoms with Gasteiger partial charge in [-0.25, -0.2) is 13.2 Å². The van der Waals surface area contributed by atoms with Crippen molar-refractivity contribution in [2.45, 2.75) is 51.2 Å². The van der Waals surface area contributed by atoms with E-state index in [4.69, 9.17) is 9.47 Å². The molecule has 1 heterocycles. The van der Waals surface area contributed by atoms with Crippen molar-refractivity contribution in [1.82, 2.24) is 9.21 Å². The van der Waals surface area contributed by atoms with Crippen LogP contribution in [0.15, 0.2) is 47.4 Å². The van der Waals surface area contributed by atoms with Gasteiger partial charge < -0.3 is 24.8 Å². The second-order valence-corrected chi connectivity index (χ2v) is 12.2. The molecule has 0 saturated carbocycles. The summed E-state index contributed by atoms with van der Waals surface area (Å²) < 4.78 is 40.1. The number of aliphatic hydroxyl groups excluding tert-OH is 1. The lowest BCUT2D eigenvalue weighted by Crippen LogP contribution is -2.50. The number of benzene rings is 2. The predicted molar refractivity (Wildman–Crippen MR) is 151 cm³/mol. The lowest BCUT2D eigenvalue weighted by atomic mass is 10.0. The maximum Gasteiger partial charge on any atom is 0.321 e. The Balaban J connectivity index is 1.92. The fourth-order valence-electron chi connectivity index (χ4n) is 4.12. The van der Waals surface area contributed by atoms with E-state index >= 15 is 0 Å². The Bertz CT molecular complexity index is 1300. The number of hydrogen-bond acceptors (Lipinski definition) is 6. The van der Waals surface area contributed by atoms with Crippen molar-refractivity contribution in [3.63, 3.8) is 0 Å². The molecule has 3 atom stereocenters. The molecule has 0 aromatic heterocycles. The minimum atomic E-state index is -3.96. The molecule has 0 unspecified atom stereocenters. The van der Waals surface area contributed by atoms with Crippen LogP contribution in [0.25, 0.3) is 0 Å². The average molecular weight is 558 g/mol. The van der Waals surface area contributed by atoms with Crippen molar-refractivity contribution in [3.8, 4) is 23.3 Å². The van der Waals surface area contributed by atoms with E-state index in [9.17, 15) is 18.3 Å². The van der Waals surface area contributed by atoms with E-state index < -0.39 is 22.2 Å². The van der Waals surface area contributed by atoms with Gasteiger partial charge in [0.2, 0.25) is 10.0 Å². The van der Waals surface area contributed by atoms with E-state index in [-0.39, 0.29) is 42.3 Å². The Hall–Kier alpha value is -3.26. The lowest BCUT2D eigenvalue weighted by Gasteiger charge is -2.37. The van der Waals surface area contributed by atoms with Crippen molar-refractivity contribution in [2.75, 3.05) is 39.2 Å². The highest BCUT2D eigenvalue weighted by Crippen LogP contribution is 2.34. The van der Waals surface area contributed by atoms with Crippen molar-refractivity contribution in [1.29, 1.82) is 0 Å². The van der Waals surface area contributed by atoms with E-state index in [1.54, 1.807) is 57.5 Å². The minimum Gasteiger partial charge on any atom is -0.497 e. The van der Waals surface area contributed by atoms with Crippen LogP contribution < -0.4 is 14.8 Å². The van der Waals surface area contributed by atoms with Crippen LogP contribution in [0.3, 0.4) is 0 Å². The van der Waals surface area contributed by atoms with Gasteiger partial charge in [0.05, 0.1) is 20.3 Å². The summed E-state index contributed by atoms with van der Waals surface area (Å²) in [5.74, 6) is 7.20. The molecule has 2 N–H and O–H groups in total. The second-order valence-electron chi connectivity index (χ2n) is 10.3. The van der Waals surface area contributed by atoms with Crippen molar-refractivity contribution in [3.05, 3.63) is 48.0 Å². The summed E-state index contributed by atoms with van der Waals surface area (Å²) in [4.78, 5) is 14.5. The van der Waals surface area contributed by atoms with E-state index in [2.05, 4.69) is 31.0 Å². The molecule has 2 amide bonds. The molecule has 9 nitrogen and oxygen atoms in total. The molecule has 1 aliphatic heterocycles. The zero-order valence-electron chi connectivity index (χ0n) is 23.5. The van der Waals surface area contributed by atoms with E-state index in [0.717, 1.165) is 0 Å². The zero-order valence-corrected chi connectivity index (χ0v) is 24.3. The molecule has 0 fully saturated rings. The van der Waals surface area contributed by atoms with E-state index in [1.807, 2.05) is 6.92 Å². The van der Waals surface area contributed by atoms with Crippen LogP contribution in [0.1, 0.15) is 39.7 Å². The molecule has 0 bridgehead atoms. The summed E-state index contributed by atoms with van der Waals surface area (Å²) in [6.45, 7) is 7.70. The number of sulfonamides is 1. The number of nitrogens with zero attached hydrogens (tertiary/aromatic N) is 2. The SMILES string of the molecule is COc1ccc(NC(=O)N(C)C[C@H]2Oc3cc(C#CCC(C)C)ccc3S(=O)(=O)N([C@@H](C)CO)C[C@H]2C)cc1. The molecule has 10 heteroatoms. The molecule has 0 spiro atoms. The standard InChI is InChI=1S/C29H39N3O6S/c1-20(2)8-7-9-23-10-15-28-26(16-23)38-27(21(3)17-32(22(4)19-33)39(28,35)36)18-31(5)29(34)30-24-11-13-25(37-6)14-12-24/h10-16,20-22,27,33H,8,17-19H2,1-6H3,(H,30,34)/t21-,22+,27-/m1/s1. The van der Waals surface area contributed by atoms with Gasteiger partial charge in [0.25, 0.3) is 0 Å². The Morgan fingerprint density at radius 2 is 1.92 bits per heavy atom. The lowest BCUT2D eigenvalue weighted by molar-refractivity contribution is 0.0830. The summed E-state index contributed by atoms with van der Waals surface area (Å²) in [6, 6.07) is 10.9. The molecule has 39 heavy (non-hydrogen) atoms. The number of methoxy groups -OCH3 is 1. The molecule has 0 aliphatic carbocycles. The fourth-order valence-corrected chi connectivity index (χ4v) is 5.95. The van der Waals surface area contributed by atoms with Crippen molar-refractivity contribution < 1.29 is 27.8 Å². The van der Waals surface area contributed by atoms with Gasteiger partial charge in [-0.3, -0.25) is 0 Å². The fraction of sp³-hybridized carbons (Fsp3) is 0.483. The third kappa shape index (κ3) is 7.66. The summed E-state index contributed by atoms with van der Waals surface area (Å²) in [7, 11) is -0.721. The topological polar surface area (TPSA) is 108 Å². The number of urea groups is 1. The number of amides is 2. The van der Waals surface area contributed by atoms with Gasteiger partial charge in [0.1, 0.15) is 22.5 Å². The maximum atomic E-state index is 13.6. The summed E-state index contributed by atoms with van der Waals surface area (Å²) in [5.41, 5.74) is 1.26. The zero-order chi connectivity index (χ0) is 28.7. The number of nitrogens with one attached hydrogen (secondary N) is 1. The normalized spacial score (nSPS) is 19.4. The number of ether oxygens (including phenoxy) is 2.